The minimum atomic E-state index is -0.143. The molecule has 0 aliphatic carbocycles. The average Bonchev–Trinajstić information content (AvgIpc) is 2.56. The van der Waals surface area contributed by atoms with E-state index in [-0.39, 0.29) is 5.91 Å². The first-order valence-corrected chi connectivity index (χ1v) is 8.52. The van der Waals surface area contributed by atoms with E-state index in [0.717, 1.165) is 19.3 Å². The van der Waals surface area contributed by atoms with Gasteiger partial charge in [-0.05, 0) is 25.8 Å². The highest BCUT2D eigenvalue weighted by Crippen LogP contribution is 2.10. The van der Waals surface area contributed by atoms with Crippen LogP contribution in [0.5, 0.6) is 0 Å². The van der Waals surface area contributed by atoms with Gasteiger partial charge in [0.25, 0.3) is 5.91 Å². The highest BCUT2D eigenvalue weighted by molar-refractivity contribution is 5.92. The molecule has 0 aliphatic heterocycles. The lowest BCUT2D eigenvalue weighted by atomic mass is 10.1. The van der Waals surface area contributed by atoms with Crippen LogP contribution in [0, 0.1) is 13.8 Å². The van der Waals surface area contributed by atoms with E-state index in [9.17, 15) is 4.79 Å². The fourth-order valence-electron chi connectivity index (χ4n) is 2.46. The third-order valence-electron chi connectivity index (χ3n) is 3.69. The summed E-state index contributed by atoms with van der Waals surface area (Å²) in [6.45, 7) is 7.35. The standard InChI is InChI=1S/C19H26N4O/c1-4-5-6-10-20-19(24)17-12-18(23-15(3)22-17)21-13-16-9-7-8-14(2)11-16/h7-9,11-12H,4-6,10,13H2,1-3H3,(H,20,24)(H,21,22,23). The Hall–Kier alpha value is -2.43. The molecule has 1 amide bonds. The molecule has 0 unspecified atom stereocenters. The Kier molecular flexibility index (Phi) is 6.73. The van der Waals surface area contributed by atoms with Gasteiger partial charge in [-0.2, -0.15) is 0 Å². The van der Waals surface area contributed by atoms with Gasteiger partial charge in [-0.15, -0.1) is 0 Å². The van der Waals surface area contributed by atoms with Gasteiger partial charge in [0.05, 0.1) is 0 Å². The molecule has 0 bridgehead atoms. The second-order valence-electron chi connectivity index (χ2n) is 5.99. The number of aryl methyl sites for hydroxylation is 2. The number of benzene rings is 1. The number of carbonyl (C=O) groups is 1. The number of rotatable bonds is 8. The van der Waals surface area contributed by atoms with E-state index in [1.807, 2.05) is 6.07 Å². The first-order valence-electron chi connectivity index (χ1n) is 8.52. The van der Waals surface area contributed by atoms with Crippen molar-refractivity contribution in [2.75, 3.05) is 11.9 Å². The van der Waals surface area contributed by atoms with Gasteiger partial charge < -0.3 is 10.6 Å². The maximum atomic E-state index is 12.2. The van der Waals surface area contributed by atoms with Crippen molar-refractivity contribution in [1.82, 2.24) is 15.3 Å². The molecule has 0 aliphatic rings. The highest BCUT2D eigenvalue weighted by atomic mass is 16.1. The van der Waals surface area contributed by atoms with Crippen LogP contribution >= 0.6 is 0 Å². The SMILES string of the molecule is CCCCCNC(=O)c1cc(NCc2cccc(C)c2)nc(C)n1. The number of aromatic nitrogens is 2. The van der Waals surface area contributed by atoms with E-state index in [0.29, 0.717) is 30.4 Å². The van der Waals surface area contributed by atoms with Gasteiger partial charge in [-0.3, -0.25) is 4.79 Å². The molecule has 2 N–H and O–H groups in total. The Bertz CT molecular complexity index is 685. The monoisotopic (exact) mass is 326 g/mol. The van der Waals surface area contributed by atoms with Gasteiger partial charge in [0.2, 0.25) is 0 Å². The number of amides is 1. The Morgan fingerprint density at radius 2 is 1.96 bits per heavy atom. The molecule has 0 spiro atoms. The Labute approximate surface area is 143 Å². The van der Waals surface area contributed by atoms with Crippen molar-refractivity contribution in [1.29, 1.82) is 0 Å². The van der Waals surface area contributed by atoms with Crippen molar-refractivity contribution >= 4 is 11.7 Å². The van der Waals surface area contributed by atoms with Crippen LogP contribution in [0.2, 0.25) is 0 Å². The molecule has 128 valence electrons. The van der Waals surface area contributed by atoms with Crippen molar-refractivity contribution in [3.05, 3.63) is 53.0 Å². The smallest absolute Gasteiger partial charge is 0.270 e. The van der Waals surface area contributed by atoms with E-state index in [2.05, 4.69) is 52.6 Å². The summed E-state index contributed by atoms with van der Waals surface area (Å²) in [5.41, 5.74) is 2.81. The molecule has 0 saturated carbocycles. The van der Waals surface area contributed by atoms with E-state index in [1.165, 1.54) is 11.1 Å². The van der Waals surface area contributed by atoms with Crippen LogP contribution in [0.25, 0.3) is 0 Å². The largest absolute Gasteiger partial charge is 0.366 e. The second-order valence-corrected chi connectivity index (χ2v) is 5.99. The van der Waals surface area contributed by atoms with Crippen LogP contribution in [0.3, 0.4) is 0 Å². The third kappa shape index (κ3) is 5.65. The molecule has 0 saturated heterocycles. The zero-order valence-electron chi connectivity index (χ0n) is 14.7. The van der Waals surface area contributed by atoms with Gasteiger partial charge in [0.1, 0.15) is 17.3 Å². The highest BCUT2D eigenvalue weighted by Gasteiger charge is 2.10. The molecule has 1 aromatic heterocycles. The van der Waals surface area contributed by atoms with Gasteiger partial charge in [0, 0.05) is 19.2 Å². The summed E-state index contributed by atoms with van der Waals surface area (Å²) in [7, 11) is 0. The normalized spacial score (nSPS) is 10.5. The number of carbonyl (C=O) groups excluding carboxylic acids is 1. The third-order valence-corrected chi connectivity index (χ3v) is 3.69. The van der Waals surface area contributed by atoms with Crippen molar-refractivity contribution < 1.29 is 4.79 Å². The Balaban J connectivity index is 1.98. The Morgan fingerprint density at radius 3 is 2.71 bits per heavy atom. The van der Waals surface area contributed by atoms with Crippen molar-refractivity contribution in [3.8, 4) is 0 Å². The molecule has 1 aromatic carbocycles. The molecule has 2 rings (SSSR count). The molecular formula is C19H26N4O. The lowest BCUT2D eigenvalue weighted by Crippen LogP contribution is -2.26. The van der Waals surface area contributed by atoms with Crippen LogP contribution in [0.4, 0.5) is 5.82 Å². The summed E-state index contributed by atoms with van der Waals surface area (Å²) in [5.74, 6) is 1.11. The van der Waals surface area contributed by atoms with Crippen LogP contribution in [0.15, 0.2) is 30.3 Å². The maximum Gasteiger partial charge on any atom is 0.270 e. The molecule has 1 heterocycles. The molecule has 0 atom stereocenters. The average molecular weight is 326 g/mol. The van der Waals surface area contributed by atoms with E-state index < -0.39 is 0 Å². The summed E-state index contributed by atoms with van der Waals surface area (Å²) < 4.78 is 0. The summed E-state index contributed by atoms with van der Waals surface area (Å²) in [6.07, 6.45) is 3.24. The van der Waals surface area contributed by atoms with Crippen molar-refractivity contribution in [2.45, 2.75) is 46.6 Å². The second kappa shape index (κ2) is 9.01. The molecule has 0 radical (unpaired) electrons. The summed E-state index contributed by atoms with van der Waals surface area (Å²) in [4.78, 5) is 20.8. The minimum absolute atomic E-state index is 0.143. The lowest BCUT2D eigenvalue weighted by molar-refractivity contribution is 0.0947. The van der Waals surface area contributed by atoms with E-state index in [4.69, 9.17) is 0 Å². The number of hydrogen-bond donors (Lipinski definition) is 2. The Morgan fingerprint density at radius 1 is 1.12 bits per heavy atom. The molecule has 24 heavy (non-hydrogen) atoms. The van der Waals surface area contributed by atoms with Gasteiger partial charge in [0.15, 0.2) is 0 Å². The van der Waals surface area contributed by atoms with E-state index in [1.54, 1.807) is 13.0 Å². The quantitative estimate of drug-likeness (QED) is 0.727. The predicted molar refractivity (Wildman–Crippen MR) is 97.1 cm³/mol. The first kappa shape index (κ1) is 17.9. The maximum absolute atomic E-state index is 12.2. The zero-order valence-corrected chi connectivity index (χ0v) is 14.7. The fraction of sp³-hybridized carbons (Fsp3) is 0.421. The van der Waals surface area contributed by atoms with Gasteiger partial charge in [-0.25, -0.2) is 9.97 Å². The molecule has 5 nitrogen and oxygen atoms in total. The number of nitrogens with zero attached hydrogens (tertiary/aromatic N) is 2. The summed E-state index contributed by atoms with van der Waals surface area (Å²) in [6, 6.07) is 10.0. The predicted octanol–water partition coefficient (Wildman–Crippen LogP) is 3.63. The molecule has 2 aromatic rings. The summed E-state index contributed by atoms with van der Waals surface area (Å²) in [5, 5.41) is 6.18. The fourth-order valence-corrected chi connectivity index (χ4v) is 2.46. The van der Waals surface area contributed by atoms with Crippen molar-refractivity contribution in [2.24, 2.45) is 0 Å². The molecular weight excluding hydrogens is 300 g/mol. The zero-order chi connectivity index (χ0) is 17.4. The number of anilines is 1. The number of unbranched alkanes of at least 4 members (excludes halogenated alkanes) is 2. The van der Waals surface area contributed by atoms with Gasteiger partial charge in [-0.1, -0.05) is 49.6 Å². The van der Waals surface area contributed by atoms with Crippen LogP contribution < -0.4 is 10.6 Å². The van der Waals surface area contributed by atoms with Crippen LogP contribution in [-0.4, -0.2) is 22.4 Å². The topological polar surface area (TPSA) is 66.9 Å². The first-order chi connectivity index (χ1) is 11.6. The van der Waals surface area contributed by atoms with Crippen molar-refractivity contribution in [3.63, 3.8) is 0 Å². The van der Waals surface area contributed by atoms with E-state index >= 15 is 0 Å². The minimum Gasteiger partial charge on any atom is -0.366 e. The number of nitrogens with one attached hydrogen (secondary N) is 2. The van der Waals surface area contributed by atoms with Crippen LogP contribution in [-0.2, 0) is 6.54 Å². The molecule has 0 fully saturated rings. The van der Waals surface area contributed by atoms with Gasteiger partial charge >= 0.3 is 0 Å². The summed E-state index contributed by atoms with van der Waals surface area (Å²) >= 11 is 0. The molecule has 5 heteroatoms. The lowest BCUT2D eigenvalue weighted by Gasteiger charge is -2.09. The number of hydrogen-bond acceptors (Lipinski definition) is 4. The van der Waals surface area contributed by atoms with Crippen LogP contribution in [0.1, 0.15) is 53.6 Å².